The number of hydrogen-bond donors (Lipinski definition) is 0. The van der Waals surface area contributed by atoms with Gasteiger partial charge in [-0.2, -0.15) is 0 Å². The van der Waals surface area contributed by atoms with E-state index in [-0.39, 0.29) is 5.78 Å². The molecule has 0 bridgehead atoms. The van der Waals surface area contributed by atoms with E-state index in [4.69, 9.17) is 18.9 Å². The van der Waals surface area contributed by atoms with Crippen molar-refractivity contribution >= 4 is 5.78 Å². The summed E-state index contributed by atoms with van der Waals surface area (Å²) in [5, 5.41) is 0. The van der Waals surface area contributed by atoms with Gasteiger partial charge in [0.1, 0.15) is 11.9 Å². The average molecular weight is 320 g/mol. The molecule has 0 aromatic heterocycles. The summed E-state index contributed by atoms with van der Waals surface area (Å²) in [6.07, 6.45) is 1.25. The van der Waals surface area contributed by atoms with Gasteiger partial charge in [-0.1, -0.05) is 18.2 Å². The fourth-order valence-corrected chi connectivity index (χ4v) is 2.25. The van der Waals surface area contributed by atoms with Gasteiger partial charge in [-0.15, -0.1) is 0 Å². The smallest absolute Gasteiger partial charge is 0.189 e. The first-order chi connectivity index (χ1) is 10.9. The second-order valence-electron chi connectivity index (χ2n) is 5.93. The number of rotatable bonds is 7. The highest BCUT2D eigenvalue weighted by molar-refractivity contribution is 5.98. The molecule has 1 aliphatic rings. The van der Waals surface area contributed by atoms with Crippen LogP contribution in [0.4, 0.5) is 0 Å². The monoisotopic (exact) mass is 320 g/mol. The van der Waals surface area contributed by atoms with E-state index >= 15 is 0 Å². The van der Waals surface area contributed by atoms with Crippen molar-refractivity contribution in [2.24, 2.45) is 0 Å². The SMILES string of the molecule is COc1ccc(COC/C=C(\C)C(=O)[C@@H]2COC(C)(C)O2)cc1. The first kappa shape index (κ1) is 17.7. The van der Waals surface area contributed by atoms with Gasteiger partial charge in [0.2, 0.25) is 0 Å². The van der Waals surface area contributed by atoms with Crippen LogP contribution in [0.25, 0.3) is 0 Å². The van der Waals surface area contributed by atoms with E-state index in [1.165, 1.54) is 0 Å². The quantitative estimate of drug-likeness (QED) is 0.571. The number of carbonyl (C=O) groups excluding carboxylic acids is 1. The Balaban J connectivity index is 1.77. The summed E-state index contributed by atoms with van der Waals surface area (Å²) in [4.78, 5) is 12.2. The molecule has 5 heteroatoms. The molecule has 1 aliphatic heterocycles. The van der Waals surface area contributed by atoms with Crippen molar-refractivity contribution in [3.63, 3.8) is 0 Å². The van der Waals surface area contributed by atoms with Crippen LogP contribution < -0.4 is 4.74 Å². The molecule has 1 aromatic carbocycles. The Morgan fingerprint density at radius 1 is 1.35 bits per heavy atom. The number of hydrogen-bond acceptors (Lipinski definition) is 5. The molecule has 0 unspecified atom stereocenters. The molecular formula is C18H24O5. The van der Waals surface area contributed by atoms with Crippen LogP contribution >= 0.6 is 0 Å². The van der Waals surface area contributed by atoms with Gasteiger partial charge in [0, 0.05) is 0 Å². The molecule has 1 heterocycles. The van der Waals surface area contributed by atoms with Crippen molar-refractivity contribution in [3.05, 3.63) is 41.5 Å². The van der Waals surface area contributed by atoms with E-state index in [9.17, 15) is 4.79 Å². The highest BCUT2D eigenvalue weighted by Gasteiger charge is 2.37. The number of ketones is 1. The van der Waals surface area contributed by atoms with Crippen molar-refractivity contribution in [3.8, 4) is 5.75 Å². The number of carbonyl (C=O) groups is 1. The number of methoxy groups -OCH3 is 1. The van der Waals surface area contributed by atoms with Gasteiger partial charge in [0.05, 0.1) is 26.9 Å². The van der Waals surface area contributed by atoms with Crippen LogP contribution in [0.5, 0.6) is 5.75 Å². The van der Waals surface area contributed by atoms with E-state index in [2.05, 4.69) is 0 Å². The molecule has 2 rings (SSSR count). The standard InChI is InChI=1S/C18H24O5/c1-13(17(19)16-12-22-18(2,3)23-16)9-10-21-11-14-5-7-15(20-4)8-6-14/h5-9,16H,10-12H2,1-4H3/b13-9+/t16-/m0/s1. The Labute approximate surface area is 137 Å². The van der Waals surface area contributed by atoms with E-state index in [0.717, 1.165) is 11.3 Å². The lowest BCUT2D eigenvalue weighted by Gasteiger charge is -2.16. The zero-order chi connectivity index (χ0) is 16.9. The molecule has 1 aromatic rings. The van der Waals surface area contributed by atoms with Gasteiger partial charge >= 0.3 is 0 Å². The molecule has 0 spiro atoms. The van der Waals surface area contributed by atoms with Crippen LogP contribution in [0.1, 0.15) is 26.3 Å². The Bertz CT molecular complexity index is 559. The number of ether oxygens (including phenoxy) is 4. The minimum absolute atomic E-state index is 0.0522. The summed E-state index contributed by atoms with van der Waals surface area (Å²) in [5.74, 6) is 0.0753. The van der Waals surface area contributed by atoms with Gasteiger partial charge in [-0.25, -0.2) is 0 Å². The zero-order valence-corrected chi connectivity index (χ0v) is 14.1. The lowest BCUT2D eigenvalue weighted by atomic mass is 10.1. The molecule has 0 amide bonds. The van der Waals surface area contributed by atoms with Gasteiger partial charge in [0.25, 0.3) is 0 Å². The maximum atomic E-state index is 12.2. The van der Waals surface area contributed by atoms with Gasteiger partial charge in [-0.3, -0.25) is 4.79 Å². The maximum Gasteiger partial charge on any atom is 0.189 e. The molecule has 1 atom stereocenters. The summed E-state index contributed by atoms with van der Waals surface area (Å²) < 4.78 is 21.7. The molecule has 126 valence electrons. The topological polar surface area (TPSA) is 54.0 Å². The second-order valence-corrected chi connectivity index (χ2v) is 5.93. The van der Waals surface area contributed by atoms with Crippen LogP contribution in [-0.4, -0.2) is 38.0 Å². The van der Waals surface area contributed by atoms with E-state index in [1.54, 1.807) is 34.0 Å². The van der Waals surface area contributed by atoms with E-state index < -0.39 is 11.9 Å². The summed E-state index contributed by atoms with van der Waals surface area (Å²) in [5.41, 5.74) is 1.68. The largest absolute Gasteiger partial charge is 0.497 e. The van der Waals surface area contributed by atoms with Crippen molar-refractivity contribution in [1.82, 2.24) is 0 Å². The van der Waals surface area contributed by atoms with E-state index in [1.807, 2.05) is 24.3 Å². The normalized spacial score (nSPS) is 20.5. The maximum absolute atomic E-state index is 12.2. The molecular weight excluding hydrogens is 296 g/mol. The van der Waals surface area contributed by atoms with Crippen LogP contribution in [-0.2, 0) is 25.6 Å². The summed E-state index contributed by atoms with van der Waals surface area (Å²) in [6, 6.07) is 7.68. The van der Waals surface area contributed by atoms with Crippen LogP contribution in [0.3, 0.4) is 0 Å². The fourth-order valence-electron chi connectivity index (χ4n) is 2.25. The number of benzene rings is 1. The second kappa shape index (κ2) is 7.73. The molecule has 1 fully saturated rings. The fraction of sp³-hybridized carbons (Fsp3) is 0.500. The Morgan fingerprint density at radius 2 is 2.04 bits per heavy atom. The third kappa shape index (κ3) is 5.16. The third-order valence-electron chi connectivity index (χ3n) is 3.62. The van der Waals surface area contributed by atoms with Gasteiger partial charge in [0.15, 0.2) is 11.6 Å². The summed E-state index contributed by atoms with van der Waals surface area (Å²) >= 11 is 0. The Hall–Kier alpha value is -1.69. The third-order valence-corrected chi connectivity index (χ3v) is 3.62. The molecule has 0 radical (unpaired) electrons. The Morgan fingerprint density at radius 3 is 2.61 bits per heavy atom. The minimum atomic E-state index is -0.689. The van der Waals surface area contributed by atoms with E-state index in [0.29, 0.717) is 25.4 Å². The molecule has 5 nitrogen and oxygen atoms in total. The first-order valence-electron chi connectivity index (χ1n) is 7.65. The molecule has 23 heavy (non-hydrogen) atoms. The van der Waals surface area contributed by atoms with Crippen LogP contribution in [0.15, 0.2) is 35.9 Å². The highest BCUT2D eigenvalue weighted by Crippen LogP contribution is 2.24. The predicted molar refractivity (Wildman–Crippen MR) is 86.3 cm³/mol. The molecule has 0 aliphatic carbocycles. The summed E-state index contributed by atoms with van der Waals surface area (Å²) in [6.45, 7) is 6.53. The summed E-state index contributed by atoms with van der Waals surface area (Å²) in [7, 11) is 1.64. The zero-order valence-electron chi connectivity index (χ0n) is 14.1. The van der Waals surface area contributed by atoms with Crippen molar-refractivity contribution in [2.45, 2.75) is 39.3 Å². The highest BCUT2D eigenvalue weighted by atomic mass is 16.7. The minimum Gasteiger partial charge on any atom is -0.497 e. The van der Waals surface area contributed by atoms with Crippen molar-refractivity contribution in [1.29, 1.82) is 0 Å². The number of Topliss-reactive ketones (excluding diaryl/α,β-unsaturated/α-hetero) is 1. The Kier molecular flexibility index (Phi) is 5.93. The van der Waals surface area contributed by atoms with Crippen molar-refractivity contribution in [2.75, 3.05) is 20.3 Å². The van der Waals surface area contributed by atoms with Gasteiger partial charge in [-0.05, 0) is 44.0 Å². The molecule has 0 N–H and O–H groups in total. The average Bonchev–Trinajstić information content (AvgIpc) is 2.91. The lowest BCUT2D eigenvalue weighted by molar-refractivity contribution is -0.149. The van der Waals surface area contributed by atoms with Crippen molar-refractivity contribution < 1.29 is 23.7 Å². The predicted octanol–water partition coefficient (Wildman–Crippen LogP) is 2.88. The van der Waals surface area contributed by atoms with Crippen LogP contribution in [0, 0.1) is 0 Å². The van der Waals surface area contributed by atoms with Crippen LogP contribution in [0.2, 0.25) is 0 Å². The first-order valence-corrected chi connectivity index (χ1v) is 7.65. The molecule has 0 saturated carbocycles. The van der Waals surface area contributed by atoms with Gasteiger partial charge < -0.3 is 18.9 Å². The lowest BCUT2D eigenvalue weighted by Crippen LogP contribution is -2.27. The molecule has 1 saturated heterocycles.